The summed E-state index contributed by atoms with van der Waals surface area (Å²) in [6, 6.07) is 6.68. The van der Waals surface area contributed by atoms with E-state index in [1.165, 1.54) is 18.3 Å². The van der Waals surface area contributed by atoms with Gasteiger partial charge in [0.05, 0.1) is 10.2 Å². The molecule has 2 aromatic rings. The molecule has 0 saturated carbocycles. The summed E-state index contributed by atoms with van der Waals surface area (Å²) in [5.74, 6) is -2.24. The summed E-state index contributed by atoms with van der Waals surface area (Å²) in [7, 11) is 0. The first kappa shape index (κ1) is 26.5. The Hall–Kier alpha value is -2.79. The lowest BCUT2D eigenvalue weighted by molar-refractivity contribution is -0.137. The lowest BCUT2D eigenvalue weighted by Crippen LogP contribution is -2.46. The number of amides is 2. The minimum absolute atomic E-state index is 0.154. The van der Waals surface area contributed by atoms with Crippen molar-refractivity contribution in [3.63, 3.8) is 0 Å². The van der Waals surface area contributed by atoms with Gasteiger partial charge in [0.2, 0.25) is 11.7 Å². The molecule has 0 radical (unpaired) electrons. The number of pyridine rings is 1. The first-order valence-electron chi connectivity index (χ1n) is 9.84. The number of rotatable bonds is 8. The van der Waals surface area contributed by atoms with Gasteiger partial charge in [-0.1, -0.05) is 12.1 Å². The predicted octanol–water partition coefficient (Wildman–Crippen LogP) is 4.53. The number of carboxylic acid groups (broad SMARTS) is 1. The second-order valence-corrected chi connectivity index (χ2v) is 9.69. The molecule has 1 atom stereocenters. The van der Waals surface area contributed by atoms with Crippen LogP contribution in [0, 0.1) is 0 Å². The number of hydrogen-bond acceptors (Lipinski definition) is 6. The molecule has 1 unspecified atom stereocenters. The average Bonchev–Trinajstić information content (AvgIpc) is 2.71. The normalized spacial score (nSPS) is 11.9. The molecular weight excluding hydrogens is 562 g/mol. The Labute approximate surface area is 207 Å². The molecule has 0 aliphatic heterocycles. The third kappa shape index (κ3) is 8.25. The lowest BCUT2D eigenvalue weighted by Gasteiger charge is -2.23. The third-order valence-corrected chi connectivity index (χ3v) is 5.95. The Bertz CT molecular complexity index is 1070. The Morgan fingerprint density at radius 1 is 1.12 bits per heavy atom. The van der Waals surface area contributed by atoms with Gasteiger partial charge >= 0.3 is 12.1 Å². The van der Waals surface area contributed by atoms with E-state index in [0.29, 0.717) is 8.95 Å². The molecule has 11 heteroatoms. The van der Waals surface area contributed by atoms with Crippen LogP contribution in [0.25, 0.3) is 0 Å². The number of anilines is 1. The van der Waals surface area contributed by atoms with E-state index >= 15 is 0 Å². The fraction of sp³-hybridized carbons (Fsp3) is 0.318. The predicted molar refractivity (Wildman–Crippen MR) is 128 cm³/mol. The summed E-state index contributed by atoms with van der Waals surface area (Å²) in [5.41, 5.74) is -0.273. The van der Waals surface area contributed by atoms with E-state index in [-0.39, 0.29) is 29.8 Å². The van der Waals surface area contributed by atoms with Crippen LogP contribution >= 0.6 is 31.9 Å². The number of ketones is 1. The van der Waals surface area contributed by atoms with Crippen molar-refractivity contribution >= 4 is 61.3 Å². The zero-order valence-corrected chi connectivity index (χ0v) is 21.3. The topological polar surface area (TPSA) is 135 Å². The number of nitrogens with zero attached hydrogens (tertiary/aromatic N) is 1. The van der Waals surface area contributed by atoms with Crippen LogP contribution in [0.1, 0.15) is 49.7 Å². The summed E-state index contributed by atoms with van der Waals surface area (Å²) < 4.78 is 6.48. The Balaban J connectivity index is 2.26. The van der Waals surface area contributed by atoms with E-state index in [9.17, 15) is 19.2 Å². The molecular formula is C22H23Br2N3O6. The van der Waals surface area contributed by atoms with Crippen LogP contribution in [0.2, 0.25) is 0 Å². The molecule has 9 nitrogen and oxygen atoms in total. The van der Waals surface area contributed by atoms with Gasteiger partial charge in [-0.3, -0.25) is 19.4 Å². The highest BCUT2D eigenvalue weighted by atomic mass is 79.9. The molecule has 33 heavy (non-hydrogen) atoms. The molecule has 176 valence electrons. The van der Waals surface area contributed by atoms with Crippen LogP contribution in [-0.2, 0) is 14.3 Å². The highest BCUT2D eigenvalue weighted by Gasteiger charge is 2.26. The molecule has 0 saturated heterocycles. The molecule has 2 rings (SSSR count). The average molecular weight is 585 g/mol. The number of carbonyl (C=O) groups excluding carboxylic acids is 3. The first-order chi connectivity index (χ1) is 15.4. The third-order valence-electron chi connectivity index (χ3n) is 4.13. The Kier molecular flexibility index (Phi) is 9.12. The fourth-order valence-corrected chi connectivity index (χ4v) is 3.21. The van der Waals surface area contributed by atoms with Crippen molar-refractivity contribution in [3.05, 3.63) is 56.7 Å². The van der Waals surface area contributed by atoms with E-state index < -0.39 is 35.4 Å². The maximum Gasteiger partial charge on any atom is 0.408 e. The summed E-state index contributed by atoms with van der Waals surface area (Å²) in [6.45, 7) is 4.99. The van der Waals surface area contributed by atoms with Crippen LogP contribution < -0.4 is 10.6 Å². The number of carboxylic acids is 1. The number of carbonyl (C=O) groups is 4. The molecule has 2 amide bonds. The number of para-hydroxylation sites is 1. The van der Waals surface area contributed by atoms with Crippen LogP contribution in [0.3, 0.4) is 0 Å². The highest BCUT2D eigenvalue weighted by molar-refractivity contribution is 9.13. The van der Waals surface area contributed by atoms with Crippen molar-refractivity contribution in [1.82, 2.24) is 10.3 Å². The van der Waals surface area contributed by atoms with Gasteiger partial charge in [0.15, 0.2) is 0 Å². The number of ether oxygens (including phenoxy) is 1. The number of nitrogens with one attached hydrogen (secondary N) is 2. The van der Waals surface area contributed by atoms with E-state index in [2.05, 4.69) is 47.5 Å². The lowest BCUT2D eigenvalue weighted by atomic mass is 10.0. The smallest absolute Gasteiger partial charge is 0.408 e. The fourth-order valence-electron chi connectivity index (χ4n) is 2.67. The minimum atomic E-state index is -1.20. The van der Waals surface area contributed by atoms with E-state index in [1.807, 2.05) is 0 Å². The molecule has 1 aromatic carbocycles. The largest absolute Gasteiger partial charge is 0.481 e. The maximum atomic E-state index is 13.0. The molecule has 0 bridgehead atoms. The molecule has 1 aromatic heterocycles. The quantitative estimate of drug-likeness (QED) is 0.388. The number of hydrogen-bond donors (Lipinski definition) is 3. The molecule has 0 fully saturated rings. The summed E-state index contributed by atoms with van der Waals surface area (Å²) in [6.07, 6.45) is 0.0927. The molecule has 0 spiro atoms. The number of benzene rings is 1. The summed E-state index contributed by atoms with van der Waals surface area (Å²) >= 11 is 6.62. The van der Waals surface area contributed by atoms with Crippen molar-refractivity contribution in [1.29, 1.82) is 0 Å². The second-order valence-electron chi connectivity index (χ2n) is 7.98. The van der Waals surface area contributed by atoms with Crippen molar-refractivity contribution in [2.24, 2.45) is 0 Å². The highest BCUT2D eigenvalue weighted by Crippen LogP contribution is 2.25. The van der Waals surface area contributed by atoms with Crippen LogP contribution in [0.4, 0.5) is 10.5 Å². The van der Waals surface area contributed by atoms with Gasteiger partial charge in [-0.05, 0) is 77.3 Å². The van der Waals surface area contributed by atoms with Gasteiger partial charge in [-0.25, -0.2) is 4.79 Å². The van der Waals surface area contributed by atoms with Gasteiger partial charge in [0, 0.05) is 22.7 Å². The molecule has 3 N–H and O–H groups in total. The monoisotopic (exact) mass is 583 g/mol. The molecule has 0 aliphatic rings. The van der Waals surface area contributed by atoms with Crippen LogP contribution in [0.15, 0.2) is 45.5 Å². The van der Waals surface area contributed by atoms with Gasteiger partial charge in [0.1, 0.15) is 17.3 Å². The molecule has 1 heterocycles. The SMILES string of the molecule is CC(C)(C)OC(=O)NC(CCC(=O)O)C(=O)Nc1ccccc1C(=O)c1cc(Br)c(Br)cn1. The number of aromatic nitrogens is 1. The van der Waals surface area contributed by atoms with Crippen molar-refractivity contribution in [3.8, 4) is 0 Å². The number of alkyl carbamates (subject to hydrolysis) is 1. The van der Waals surface area contributed by atoms with Gasteiger partial charge in [-0.15, -0.1) is 0 Å². The summed E-state index contributed by atoms with van der Waals surface area (Å²) in [5, 5.41) is 14.0. The van der Waals surface area contributed by atoms with E-state index in [0.717, 1.165) is 0 Å². The van der Waals surface area contributed by atoms with Gasteiger partial charge < -0.3 is 20.5 Å². The maximum absolute atomic E-state index is 13.0. The number of aliphatic carboxylic acids is 1. The Morgan fingerprint density at radius 2 is 1.79 bits per heavy atom. The van der Waals surface area contributed by atoms with E-state index in [1.54, 1.807) is 39.0 Å². The van der Waals surface area contributed by atoms with Crippen molar-refractivity contribution in [2.45, 2.75) is 45.3 Å². The summed E-state index contributed by atoms with van der Waals surface area (Å²) in [4.78, 5) is 53.2. The molecule has 0 aliphatic carbocycles. The minimum Gasteiger partial charge on any atom is -0.481 e. The number of halogens is 2. The van der Waals surface area contributed by atoms with E-state index in [4.69, 9.17) is 9.84 Å². The van der Waals surface area contributed by atoms with Crippen LogP contribution in [-0.4, -0.2) is 45.5 Å². The zero-order valence-electron chi connectivity index (χ0n) is 18.1. The first-order valence-corrected chi connectivity index (χ1v) is 11.4. The van der Waals surface area contributed by atoms with Crippen molar-refractivity contribution in [2.75, 3.05) is 5.32 Å². The van der Waals surface area contributed by atoms with Gasteiger partial charge in [0.25, 0.3) is 0 Å². The Morgan fingerprint density at radius 3 is 2.39 bits per heavy atom. The zero-order chi connectivity index (χ0) is 24.8. The van der Waals surface area contributed by atoms with Gasteiger partial charge in [-0.2, -0.15) is 0 Å². The standard InChI is InChI=1S/C22H23Br2N3O6/c1-22(2,3)33-21(32)27-16(8-9-18(28)29)20(31)26-15-7-5-4-6-12(15)19(30)17-10-13(23)14(24)11-25-17/h4-7,10-11,16H,8-9H2,1-3H3,(H,26,31)(H,27,32)(H,28,29). The van der Waals surface area contributed by atoms with Crippen LogP contribution in [0.5, 0.6) is 0 Å². The van der Waals surface area contributed by atoms with Crippen molar-refractivity contribution < 1.29 is 29.0 Å². The second kappa shape index (κ2) is 11.4.